The number of aliphatic hydroxyl groups is 1. The summed E-state index contributed by atoms with van der Waals surface area (Å²) < 4.78 is 0. The van der Waals surface area contributed by atoms with Crippen LogP contribution in [0.5, 0.6) is 0 Å². The second kappa shape index (κ2) is 5.81. The van der Waals surface area contributed by atoms with Crippen molar-refractivity contribution >= 4 is 17.8 Å². The van der Waals surface area contributed by atoms with Crippen LogP contribution in [0.3, 0.4) is 0 Å². The Morgan fingerprint density at radius 3 is 2.67 bits per heavy atom. The number of nitrogens with zero attached hydrogens (tertiary/aromatic N) is 4. The Bertz CT molecular complexity index is 393. The Hall–Kier alpha value is -1.63. The van der Waals surface area contributed by atoms with Gasteiger partial charge in [-0.15, -0.1) is 0 Å². The molecular formula is C11H20N6O. The van der Waals surface area contributed by atoms with E-state index in [4.69, 9.17) is 10.8 Å². The van der Waals surface area contributed by atoms with Gasteiger partial charge in [0.25, 0.3) is 0 Å². The number of nitrogens with two attached hydrogens (primary N) is 1. The third-order valence-electron chi connectivity index (χ3n) is 2.93. The summed E-state index contributed by atoms with van der Waals surface area (Å²) >= 11 is 0. The molecule has 0 radical (unpaired) electrons. The molecule has 1 atom stereocenters. The number of nitrogen functional groups attached to an aromatic ring is 1. The van der Waals surface area contributed by atoms with Crippen molar-refractivity contribution in [3.05, 3.63) is 0 Å². The first-order chi connectivity index (χ1) is 8.69. The minimum absolute atomic E-state index is 0.0185. The van der Waals surface area contributed by atoms with Gasteiger partial charge in [0.2, 0.25) is 17.8 Å². The molecule has 18 heavy (non-hydrogen) atoms. The lowest BCUT2D eigenvalue weighted by Crippen LogP contribution is -2.32. The standard InChI is InChI=1S/C11H20N6O/c1-8(7-18)13-10-14-9(12)15-11(16-10)17-5-3-2-4-6-17/h8,18H,2-7H2,1H3,(H3,12,13,14,15,16). The van der Waals surface area contributed by atoms with Gasteiger partial charge in [0.05, 0.1) is 6.61 Å². The van der Waals surface area contributed by atoms with E-state index in [1.54, 1.807) is 0 Å². The molecule has 7 nitrogen and oxygen atoms in total. The van der Waals surface area contributed by atoms with Gasteiger partial charge in [0.1, 0.15) is 0 Å². The summed E-state index contributed by atoms with van der Waals surface area (Å²) in [5, 5.41) is 12.0. The number of hydrogen-bond donors (Lipinski definition) is 3. The van der Waals surface area contributed by atoms with Crippen molar-refractivity contribution in [2.24, 2.45) is 0 Å². The Morgan fingerprint density at radius 1 is 1.28 bits per heavy atom. The molecule has 0 amide bonds. The molecular weight excluding hydrogens is 232 g/mol. The molecule has 4 N–H and O–H groups in total. The third kappa shape index (κ3) is 3.19. The predicted octanol–water partition coefficient (Wildman–Crippen LogP) is 0.237. The van der Waals surface area contributed by atoms with Crippen LogP contribution in [0.25, 0.3) is 0 Å². The van der Waals surface area contributed by atoms with Gasteiger partial charge in [-0.2, -0.15) is 15.0 Å². The zero-order valence-electron chi connectivity index (χ0n) is 10.6. The van der Waals surface area contributed by atoms with E-state index < -0.39 is 0 Å². The summed E-state index contributed by atoms with van der Waals surface area (Å²) in [6, 6.07) is -0.110. The molecule has 1 aliphatic heterocycles. The van der Waals surface area contributed by atoms with Crippen molar-refractivity contribution in [1.82, 2.24) is 15.0 Å². The van der Waals surface area contributed by atoms with Gasteiger partial charge in [0.15, 0.2) is 0 Å². The van der Waals surface area contributed by atoms with E-state index in [1.807, 2.05) is 6.92 Å². The van der Waals surface area contributed by atoms with E-state index in [9.17, 15) is 0 Å². The Labute approximate surface area is 106 Å². The fraction of sp³-hybridized carbons (Fsp3) is 0.727. The summed E-state index contributed by atoms with van der Waals surface area (Å²) in [7, 11) is 0. The van der Waals surface area contributed by atoms with Gasteiger partial charge < -0.3 is 21.1 Å². The number of anilines is 3. The molecule has 0 spiro atoms. The van der Waals surface area contributed by atoms with Gasteiger partial charge >= 0.3 is 0 Å². The average molecular weight is 252 g/mol. The Balaban J connectivity index is 2.14. The van der Waals surface area contributed by atoms with E-state index in [0.717, 1.165) is 25.9 Å². The summed E-state index contributed by atoms with van der Waals surface area (Å²) in [6.45, 7) is 3.78. The van der Waals surface area contributed by atoms with Crippen LogP contribution < -0.4 is 16.0 Å². The molecule has 0 saturated carbocycles. The maximum absolute atomic E-state index is 9.01. The number of aromatic nitrogens is 3. The minimum atomic E-state index is -0.110. The molecule has 1 aromatic rings. The highest BCUT2D eigenvalue weighted by molar-refractivity contribution is 5.42. The molecule has 100 valence electrons. The molecule has 1 aliphatic rings. The molecule has 1 aromatic heterocycles. The highest BCUT2D eigenvalue weighted by Gasteiger charge is 2.15. The van der Waals surface area contributed by atoms with Crippen LogP contribution in [0.1, 0.15) is 26.2 Å². The lowest BCUT2D eigenvalue weighted by atomic mass is 10.1. The SMILES string of the molecule is CC(CO)Nc1nc(N)nc(N2CCCCC2)n1. The van der Waals surface area contributed by atoms with Crippen LogP contribution >= 0.6 is 0 Å². The molecule has 1 unspecified atom stereocenters. The van der Waals surface area contributed by atoms with Crippen molar-refractivity contribution < 1.29 is 5.11 Å². The number of hydrogen-bond acceptors (Lipinski definition) is 7. The summed E-state index contributed by atoms with van der Waals surface area (Å²) in [6.07, 6.45) is 3.56. The van der Waals surface area contributed by atoms with Crippen molar-refractivity contribution in [3.63, 3.8) is 0 Å². The Kier molecular flexibility index (Phi) is 4.14. The van der Waals surface area contributed by atoms with Crippen LogP contribution in [0, 0.1) is 0 Å². The first-order valence-corrected chi connectivity index (χ1v) is 6.33. The molecule has 0 aromatic carbocycles. The smallest absolute Gasteiger partial charge is 0.231 e. The average Bonchev–Trinajstić information content (AvgIpc) is 2.39. The molecule has 2 heterocycles. The van der Waals surface area contributed by atoms with Crippen molar-refractivity contribution in [2.75, 3.05) is 35.6 Å². The fourth-order valence-corrected chi connectivity index (χ4v) is 1.95. The highest BCUT2D eigenvalue weighted by atomic mass is 16.3. The van der Waals surface area contributed by atoms with Crippen LogP contribution in [0.4, 0.5) is 17.8 Å². The van der Waals surface area contributed by atoms with Crippen LogP contribution in [-0.4, -0.2) is 45.8 Å². The maximum atomic E-state index is 9.01. The molecule has 1 fully saturated rings. The third-order valence-corrected chi connectivity index (χ3v) is 2.93. The summed E-state index contributed by atoms with van der Waals surface area (Å²) in [5.41, 5.74) is 5.69. The number of piperidine rings is 1. The largest absolute Gasteiger partial charge is 0.394 e. The topological polar surface area (TPSA) is 100 Å². The highest BCUT2D eigenvalue weighted by Crippen LogP contribution is 2.17. The molecule has 1 saturated heterocycles. The van der Waals surface area contributed by atoms with E-state index in [2.05, 4.69) is 25.2 Å². The van der Waals surface area contributed by atoms with Gasteiger partial charge in [-0.3, -0.25) is 0 Å². The predicted molar refractivity (Wildman–Crippen MR) is 70.5 cm³/mol. The molecule has 2 rings (SSSR count). The van der Waals surface area contributed by atoms with Crippen LogP contribution in [-0.2, 0) is 0 Å². The minimum Gasteiger partial charge on any atom is -0.394 e. The molecule has 7 heteroatoms. The maximum Gasteiger partial charge on any atom is 0.231 e. The first kappa shape index (κ1) is 12.8. The number of nitrogens with one attached hydrogen (secondary N) is 1. The fourth-order valence-electron chi connectivity index (χ4n) is 1.95. The lowest BCUT2D eigenvalue weighted by molar-refractivity contribution is 0.281. The monoisotopic (exact) mass is 252 g/mol. The number of aliphatic hydroxyl groups excluding tert-OH is 1. The van der Waals surface area contributed by atoms with Crippen molar-refractivity contribution in [3.8, 4) is 0 Å². The van der Waals surface area contributed by atoms with Gasteiger partial charge in [-0.25, -0.2) is 0 Å². The number of rotatable bonds is 4. The zero-order chi connectivity index (χ0) is 13.0. The van der Waals surface area contributed by atoms with Crippen LogP contribution in [0.2, 0.25) is 0 Å². The Morgan fingerprint density at radius 2 is 2.00 bits per heavy atom. The van der Waals surface area contributed by atoms with E-state index in [1.165, 1.54) is 6.42 Å². The summed E-state index contributed by atoms with van der Waals surface area (Å²) in [5.74, 6) is 1.25. The summed E-state index contributed by atoms with van der Waals surface area (Å²) in [4.78, 5) is 14.7. The second-order valence-electron chi connectivity index (χ2n) is 4.59. The van der Waals surface area contributed by atoms with E-state index >= 15 is 0 Å². The lowest BCUT2D eigenvalue weighted by Gasteiger charge is -2.26. The first-order valence-electron chi connectivity index (χ1n) is 6.33. The van der Waals surface area contributed by atoms with Crippen molar-refractivity contribution in [1.29, 1.82) is 0 Å². The second-order valence-corrected chi connectivity index (χ2v) is 4.59. The van der Waals surface area contributed by atoms with Gasteiger partial charge in [0, 0.05) is 19.1 Å². The van der Waals surface area contributed by atoms with Gasteiger partial charge in [-0.05, 0) is 26.2 Å². The van der Waals surface area contributed by atoms with Crippen molar-refractivity contribution in [2.45, 2.75) is 32.2 Å². The quantitative estimate of drug-likeness (QED) is 0.705. The van der Waals surface area contributed by atoms with E-state index in [0.29, 0.717) is 11.9 Å². The van der Waals surface area contributed by atoms with Crippen LogP contribution in [0.15, 0.2) is 0 Å². The molecule has 0 aliphatic carbocycles. The molecule has 0 bridgehead atoms. The van der Waals surface area contributed by atoms with Gasteiger partial charge in [-0.1, -0.05) is 0 Å². The zero-order valence-corrected chi connectivity index (χ0v) is 10.6. The normalized spacial score (nSPS) is 17.6. The van der Waals surface area contributed by atoms with E-state index in [-0.39, 0.29) is 18.6 Å².